The molecule has 3 rings (SSSR count). The molecule has 0 fully saturated rings. The van der Waals surface area contributed by atoms with E-state index in [0.717, 1.165) is 11.6 Å². The van der Waals surface area contributed by atoms with Gasteiger partial charge in [-0.1, -0.05) is 30.3 Å². The van der Waals surface area contributed by atoms with E-state index in [1.807, 2.05) is 30.3 Å². The summed E-state index contributed by atoms with van der Waals surface area (Å²) < 4.78 is 19.6. The molecular weight excluding hydrogens is 345 g/mol. The van der Waals surface area contributed by atoms with Gasteiger partial charge in [-0.2, -0.15) is 0 Å². The molecule has 0 bridgehead atoms. The third kappa shape index (κ3) is 3.46. The summed E-state index contributed by atoms with van der Waals surface area (Å²) in [6.45, 7) is 0.0474. The Labute approximate surface area is 145 Å². The first-order chi connectivity index (χ1) is 12.5. The molecule has 0 saturated carbocycles. The van der Waals surface area contributed by atoms with Gasteiger partial charge in [0.1, 0.15) is 5.52 Å². The van der Waals surface area contributed by atoms with Crippen molar-refractivity contribution in [3.05, 3.63) is 78.6 Å². The number of aryl methyl sites for hydroxylation is 1. The van der Waals surface area contributed by atoms with Crippen LogP contribution in [0.2, 0.25) is 0 Å². The molecule has 8 nitrogen and oxygen atoms in total. The monoisotopic (exact) mass is 359 g/mol. The van der Waals surface area contributed by atoms with Crippen LogP contribution in [0.25, 0.3) is 11.0 Å². The summed E-state index contributed by atoms with van der Waals surface area (Å²) in [5.74, 6) is -1.56. The molecule has 1 heterocycles. The maximum atomic E-state index is 14.3. The smallest absolute Gasteiger partial charge is 0.339 e. The SMILES string of the molecule is O=c1[nH]c2cc(F)c(OCCCc3ccccc3)c([N+](=O)[O-])c2[nH]c1=O. The standard InChI is InChI=1S/C17H14FN3O5/c18-11-9-12-13(20-17(23)16(22)19-12)14(21(24)25)15(11)26-8-4-7-10-5-2-1-3-6-10/h1-3,5-6,9H,4,7-8H2,(H,19,22)(H,20,23). The van der Waals surface area contributed by atoms with Crippen molar-refractivity contribution in [2.75, 3.05) is 6.61 Å². The van der Waals surface area contributed by atoms with Crippen molar-refractivity contribution in [3.63, 3.8) is 0 Å². The minimum atomic E-state index is -1.07. The zero-order valence-electron chi connectivity index (χ0n) is 13.5. The van der Waals surface area contributed by atoms with Gasteiger partial charge in [-0.25, -0.2) is 4.39 Å². The third-order valence-electron chi connectivity index (χ3n) is 3.78. The zero-order valence-corrected chi connectivity index (χ0v) is 13.5. The van der Waals surface area contributed by atoms with E-state index in [4.69, 9.17) is 4.74 Å². The van der Waals surface area contributed by atoms with Crippen LogP contribution in [-0.2, 0) is 6.42 Å². The van der Waals surface area contributed by atoms with Crippen molar-refractivity contribution in [3.8, 4) is 5.75 Å². The second-order valence-electron chi connectivity index (χ2n) is 5.56. The van der Waals surface area contributed by atoms with Gasteiger partial charge in [0.15, 0.2) is 5.82 Å². The summed E-state index contributed by atoms with van der Waals surface area (Å²) in [5.41, 5.74) is -2.24. The van der Waals surface area contributed by atoms with Gasteiger partial charge in [0, 0.05) is 6.07 Å². The number of halogens is 1. The number of fused-ring (bicyclic) bond motifs is 1. The molecule has 0 spiro atoms. The van der Waals surface area contributed by atoms with Crippen molar-refractivity contribution in [2.24, 2.45) is 0 Å². The summed E-state index contributed by atoms with van der Waals surface area (Å²) in [6.07, 6.45) is 1.18. The average molecular weight is 359 g/mol. The predicted molar refractivity (Wildman–Crippen MR) is 92.1 cm³/mol. The molecule has 0 amide bonds. The van der Waals surface area contributed by atoms with Gasteiger partial charge in [-0.05, 0) is 18.4 Å². The summed E-state index contributed by atoms with van der Waals surface area (Å²) in [5, 5.41) is 11.4. The fourth-order valence-corrected chi connectivity index (χ4v) is 2.60. The molecule has 0 saturated heterocycles. The number of hydrogen-bond donors (Lipinski definition) is 2. The number of aromatic amines is 2. The van der Waals surface area contributed by atoms with Crippen molar-refractivity contribution < 1.29 is 14.1 Å². The van der Waals surface area contributed by atoms with Crippen molar-refractivity contribution in [2.45, 2.75) is 12.8 Å². The number of benzene rings is 2. The molecule has 2 N–H and O–H groups in total. The maximum absolute atomic E-state index is 14.3. The number of nitrogens with one attached hydrogen (secondary N) is 2. The van der Waals surface area contributed by atoms with E-state index < -0.39 is 33.3 Å². The highest BCUT2D eigenvalue weighted by molar-refractivity contribution is 5.87. The van der Waals surface area contributed by atoms with Crippen LogP contribution in [0.15, 0.2) is 46.0 Å². The van der Waals surface area contributed by atoms with Crippen LogP contribution in [0.5, 0.6) is 5.75 Å². The average Bonchev–Trinajstić information content (AvgIpc) is 2.61. The fourth-order valence-electron chi connectivity index (χ4n) is 2.60. The highest BCUT2D eigenvalue weighted by Gasteiger charge is 2.26. The second-order valence-corrected chi connectivity index (χ2v) is 5.56. The summed E-state index contributed by atoms with van der Waals surface area (Å²) in [4.78, 5) is 37.5. The molecule has 26 heavy (non-hydrogen) atoms. The van der Waals surface area contributed by atoms with E-state index in [2.05, 4.69) is 9.97 Å². The zero-order chi connectivity index (χ0) is 18.7. The number of nitro groups is 1. The molecule has 0 radical (unpaired) electrons. The van der Waals surface area contributed by atoms with Crippen LogP contribution in [0, 0.1) is 15.9 Å². The van der Waals surface area contributed by atoms with Crippen LogP contribution in [0.4, 0.5) is 10.1 Å². The Morgan fingerprint density at radius 3 is 2.50 bits per heavy atom. The molecule has 9 heteroatoms. The normalized spacial score (nSPS) is 10.8. The Morgan fingerprint density at radius 1 is 1.12 bits per heavy atom. The van der Waals surface area contributed by atoms with Crippen molar-refractivity contribution >= 4 is 16.7 Å². The van der Waals surface area contributed by atoms with Crippen molar-refractivity contribution in [1.29, 1.82) is 0 Å². The van der Waals surface area contributed by atoms with E-state index in [1.165, 1.54) is 0 Å². The highest BCUT2D eigenvalue weighted by atomic mass is 19.1. The number of ether oxygens (including phenoxy) is 1. The molecule has 134 valence electrons. The Bertz CT molecular complexity index is 1080. The summed E-state index contributed by atoms with van der Waals surface area (Å²) in [6, 6.07) is 10.4. The summed E-state index contributed by atoms with van der Waals surface area (Å²) >= 11 is 0. The minimum Gasteiger partial charge on any atom is -0.485 e. The number of rotatable bonds is 6. The molecular formula is C17H14FN3O5. The Hall–Kier alpha value is -3.49. The lowest BCUT2D eigenvalue weighted by molar-refractivity contribution is -0.384. The lowest BCUT2D eigenvalue weighted by Crippen LogP contribution is -2.29. The molecule has 0 aliphatic heterocycles. The number of hydrogen-bond acceptors (Lipinski definition) is 5. The number of H-pyrrole nitrogens is 2. The highest BCUT2D eigenvalue weighted by Crippen LogP contribution is 2.35. The largest absolute Gasteiger partial charge is 0.485 e. The van der Waals surface area contributed by atoms with Gasteiger partial charge in [-0.15, -0.1) is 0 Å². The van der Waals surface area contributed by atoms with Crippen LogP contribution >= 0.6 is 0 Å². The molecule has 0 aliphatic carbocycles. The third-order valence-corrected chi connectivity index (χ3v) is 3.78. The molecule has 0 unspecified atom stereocenters. The lowest BCUT2D eigenvalue weighted by atomic mass is 10.1. The number of nitrogens with zero attached hydrogens (tertiary/aromatic N) is 1. The first kappa shape index (κ1) is 17.3. The molecule has 2 aromatic carbocycles. The summed E-state index contributed by atoms with van der Waals surface area (Å²) in [7, 11) is 0. The second kappa shape index (κ2) is 7.18. The van der Waals surface area contributed by atoms with Crippen LogP contribution in [0.1, 0.15) is 12.0 Å². The Kier molecular flexibility index (Phi) is 4.78. The lowest BCUT2D eigenvalue weighted by Gasteiger charge is -2.09. The van der Waals surface area contributed by atoms with Gasteiger partial charge in [-0.3, -0.25) is 19.7 Å². The quantitative estimate of drug-likeness (QED) is 0.303. The van der Waals surface area contributed by atoms with Crippen LogP contribution in [0.3, 0.4) is 0 Å². The van der Waals surface area contributed by atoms with E-state index in [0.29, 0.717) is 12.8 Å². The van der Waals surface area contributed by atoms with E-state index in [9.17, 15) is 24.1 Å². The Morgan fingerprint density at radius 2 is 1.81 bits per heavy atom. The number of nitro benzene ring substituents is 1. The van der Waals surface area contributed by atoms with Gasteiger partial charge in [0.25, 0.3) is 0 Å². The minimum absolute atomic E-state index is 0.0474. The van der Waals surface area contributed by atoms with E-state index >= 15 is 0 Å². The molecule has 1 aromatic heterocycles. The first-order valence-electron chi connectivity index (χ1n) is 7.77. The molecule has 0 aliphatic rings. The number of aromatic nitrogens is 2. The van der Waals surface area contributed by atoms with E-state index in [1.54, 1.807) is 0 Å². The first-order valence-corrected chi connectivity index (χ1v) is 7.77. The molecule has 0 atom stereocenters. The van der Waals surface area contributed by atoms with Gasteiger partial charge >= 0.3 is 16.8 Å². The van der Waals surface area contributed by atoms with Crippen molar-refractivity contribution in [1.82, 2.24) is 9.97 Å². The van der Waals surface area contributed by atoms with Crippen LogP contribution in [-0.4, -0.2) is 21.5 Å². The fraction of sp³-hybridized carbons (Fsp3) is 0.176. The maximum Gasteiger partial charge on any atom is 0.339 e. The van der Waals surface area contributed by atoms with E-state index in [-0.39, 0.29) is 17.6 Å². The topological polar surface area (TPSA) is 118 Å². The van der Waals surface area contributed by atoms with Gasteiger partial charge in [0.2, 0.25) is 5.75 Å². The Balaban J connectivity index is 1.89. The van der Waals surface area contributed by atoms with Crippen LogP contribution < -0.4 is 15.9 Å². The van der Waals surface area contributed by atoms with Gasteiger partial charge in [0.05, 0.1) is 17.0 Å². The molecule has 3 aromatic rings. The van der Waals surface area contributed by atoms with Gasteiger partial charge < -0.3 is 14.7 Å². The predicted octanol–water partition coefficient (Wildman–Crippen LogP) is 2.28.